The lowest BCUT2D eigenvalue weighted by Crippen LogP contribution is -2.41. The maximum absolute atomic E-state index is 11.7. The Morgan fingerprint density at radius 3 is 2.45 bits per heavy atom. The van der Waals surface area contributed by atoms with Crippen molar-refractivity contribution in [2.45, 2.75) is 45.8 Å². The molecule has 0 aliphatic carbocycles. The fraction of sp³-hybridized carbons (Fsp3) is 0.588. The van der Waals surface area contributed by atoms with E-state index in [0.29, 0.717) is 25.5 Å². The molecule has 1 rings (SSSR count). The number of benzene rings is 1. The Bertz CT molecular complexity index is 412. The van der Waals surface area contributed by atoms with Crippen molar-refractivity contribution in [1.29, 1.82) is 0 Å². The molecular weight excluding hydrogens is 300 g/mol. The second-order valence-corrected chi connectivity index (χ2v) is 5.80. The van der Waals surface area contributed by atoms with Gasteiger partial charge in [0.15, 0.2) is 0 Å². The molecule has 0 saturated carbocycles. The molecule has 22 heavy (non-hydrogen) atoms. The van der Waals surface area contributed by atoms with Gasteiger partial charge < -0.3 is 15.8 Å². The van der Waals surface area contributed by atoms with Gasteiger partial charge in [-0.05, 0) is 31.2 Å². The molecule has 0 heterocycles. The molecule has 126 valence electrons. The monoisotopic (exact) mass is 328 g/mol. The smallest absolute Gasteiger partial charge is 0.236 e. The van der Waals surface area contributed by atoms with E-state index in [1.54, 1.807) is 0 Å². The topological polar surface area (TPSA) is 64.4 Å². The quantitative estimate of drug-likeness (QED) is 0.685. The summed E-state index contributed by atoms with van der Waals surface area (Å²) in [5, 5.41) is 2.86. The average molecular weight is 329 g/mol. The third-order valence-electron chi connectivity index (χ3n) is 3.32. The minimum Gasteiger partial charge on any atom is -0.374 e. The Kier molecular flexibility index (Phi) is 10.9. The summed E-state index contributed by atoms with van der Waals surface area (Å²) in [6.45, 7) is 7.38. The van der Waals surface area contributed by atoms with Crippen molar-refractivity contribution in [2.24, 2.45) is 11.7 Å². The molecule has 1 amide bonds. The highest BCUT2D eigenvalue weighted by molar-refractivity contribution is 5.85. The molecule has 4 nitrogen and oxygen atoms in total. The number of carbonyl (C=O) groups is 1. The molecule has 1 aromatic rings. The van der Waals surface area contributed by atoms with Crippen molar-refractivity contribution in [3.05, 3.63) is 35.9 Å². The Labute approximate surface area is 140 Å². The SMILES string of the molecule is CC(C)C[C@H](N)C(=O)NCCCOC(C)c1ccccc1.Cl. The molecule has 1 unspecified atom stereocenters. The zero-order valence-electron chi connectivity index (χ0n) is 13.7. The average Bonchev–Trinajstić information content (AvgIpc) is 2.46. The van der Waals surface area contributed by atoms with Gasteiger partial charge in [-0.1, -0.05) is 44.2 Å². The largest absolute Gasteiger partial charge is 0.374 e. The van der Waals surface area contributed by atoms with Crippen LogP contribution < -0.4 is 11.1 Å². The highest BCUT2D eigenvalue weighted by Gasteiger charge is 2.14. The molecular formula is C17H29ClN2O2. The molecule has 0 aliphatic heterocycles. The van der Waals surface area contributed by atoms with E-state index < -0.39 is 6.04 Å². The summed E-state index contributed by atoms with van der Waals surface area (Å²) in [5.41, 5.74) is 6.98. The molecule has 0 fully saturated rings. The van der Waals surface area contributed by atoms with Crippen LogP contribution in [0.2, 0.25) is 0 Å². The van der Waals surface area contributed by atoms with Crippen LogP contribution in [0.1, 0.15) is 45.3 Å². The predicted octanol–water partition coefficient (Wildman–Crippen LogP) is 3.07. The van der Waals surface area contributed by atoms with Gasteiger partial charge in [0.1, 0.15) is 0 Å². The summed E-state index contributed by atoms with van der Waals surface area (Å²) < 4.78 is 5.75. The Morgan fingerprint density at radius 2 is 1.86 bits per heavy atom. The van der Waals surface area contributed by atoms with E-state index in [1.807, 2.05) is 25.1 Å². The fourth-order valence-electron chi connectivity index (χ4n) is 2.11. The van der Waals surface area contributed by atoms with Crippen molar-refractivity contribution in [2.75, 3.05) is 13.2 Å². The molecule has 0 spiro atoms. The maximum Gasteiger partial charge on any atom is 0.236 e. The van der Waals surface area contributed by atoms with E-state index in [9.17, 15) is 4.79 Å². The van der Waals surface area contributed by atoms with E-state index in [4.69, 9.17) is 10.5 Å². The zero-order chi connectivity index (χ0) is 15.7. The van der Waals surface area contributed by atoms with Crippen LogP contribution in [0.5, 0.6) is 0 Å². The van der Waals surface area contributed by atoms with Crippen molar-refractivity contribution < 1.29 is 9.53 Å². The van der Waals surface area contributed by atoms with E-state index in [0.717, 1.165) is 6.42 Å². The van der Waals surface area contributed by atoms with Crippen LogP contribution in [0.4, 0.5) is 0 Å². The second-order valence-electron chi connectivity index (χ2n) is 5.80. The summed E-state index contributed by atoms with van der Waals surface area (Å²) in [6, 6.07) is 9.70. The van der Waals surface area contributed by atoms with E-state index in [2.05, 4.69) is 31.3 Å². The standard InChI is InChI=1S/C17H28N2O2.ClH/c1-13(2)12-16(18)17(20)19-10-7-11-21-14(3)15-8-5-4-6-9-15;/h4-6,8-9,13-14,16H,7,10-12,18H2,1-3H3,(H,19,20);1H/t14?,16-;/m0./s1. The lowest BCUT2D eigenvalue weighted by molar-refractivity contribution is -0.122. The Hall–Kier alpha value is -1.10. The van der Waals surface area contributed by atoms with Crippen molar-refractivity contribution in [3.8, 4) is 0 Å². The lowest BCUT2D eigenvalue weighted by Gasteiger charge is -2.15. The van der Waals surface area contributed by atoms with Crippen LogP contribution in [-0.4, -0.2) is 25.1 Å². The highest BCUT2D eigenvalue weighted by Crippen LogP contribution is 2.15. The molecule has 3 N–H and O–H groups in total. The van der Waals surface area contributed by atoms with Crippen molar-refractivity contribution in [3.63, 3.8) is 0 Å². The predicted molar refractivity (Wildman–Crippen MR) is 93.1 cm³/mol. The van der Waals surface area contributed by atoms with Gasteiger partial charge in [0, 0.05) is 13.2 Å². The zero-order valence-corrected chi connectivity index (χ0v) is 14.6. The number of hydrogen-bond donors (Lipinski definition) is 2. The van der Waals surface area contributed by atoms with E-state index in [-0.39, 0.29) is 24.4 Å². The molecule has 1 aromatic carbocycles. The number of amides is 1. The molecule has 0 bridgehead atoms. The van der Waals surface area contributed by atoms with Crippen LogP contribution in [0.25, 0.3) is 0 Å². The van der Waals surface area contributed by atoms with Gasteiger partial charge in [-0.25, -0.2) is 0 Å². The first-order valence-electron chi connectivity index (χ1n) is 7.70. The molecule has 0 radical (unpaired) electrons. The number of ether oxygens (including phenoxy) is 1. The number of carbonyl (C=O) groups excluding carboxylic acids is 1. The van der Waals surface area contributed by atoms with Gasteiger partial charge >= 0.3 is 0 Å². The van der Waals surface area contributed by atoms with E-state index >= 15 is 0 Å². The van der Waals surface area contributed by atoms with Gasteiger partial charge in [-0.3, -0.25) is 4.79 Å². The Morgan fingerprint density at radius 1 is 1.23 bits per heavy atom. The highest BCUT2D eigenvalue weighted by atomic mass is 35.5. The van der Waals surface area contributed by atoms with Crippen molar-refractivity contribution >= 4 is 18.3 Å². The van der Waals surface area contributed by atoms with Gasteiger partial charge in [-0.2, -0.15) is 0 Å². The van der Waals surface area contributed by atoms with Crippen LogP contribution in [0.15, 0.2) is 30.3 Å². The molecule has 2 atom stereocenters. The number of hydrogen-bond acceptors (Lipinski definition) is 3. The summed E-state index contributed by atoms with van der Waals surface area (Å²) in [5.74, 6) is 0.362. The minimum absolute atomic E-state index is 0. The molecule has 5 heteroatoms. The number of nitrogens with two attached hydrogens (primary N) is 1. The number of nitrogens with one attached hydrogen (secondary N) is 1. The number of halogens is 1. The third kappa shape index (κ3) is 8.37. The summed E-state index contributed by atoms with van der Waals surface area (Å²) in [7, 11) is 0. The van der Waals surface area contributed by atoms with Crippen LogP contribution in [-0.2, 0) is 9.53 Å². The van der Waals surface area contributed by atoms with Gasteiger partial charge in [0.25, 0.3) is 0 Å². The van der Waals surface area contributed by atoms with Crippen LogP contribution >= 0.6 is 12.4 Å². The van der Waals surface area contributed by atoms with Gasteiger partial charge in [0.2, 0.25) is 5.91 Å². The van der Waals surface area contributed by atoms with Crippen LogP contribution in [0.3, 0.4) is 0 Å². The van der Waals surface area contributed by atoms with Crippen LogP contribution in [0, 0.1) is 5.92 Å². The second kappa shape index (κ2) is 11.5. The normalized spacial score (nSPS) is 13.3. The first kappa shape index (κ1) is 20.9. The summed E-state index contributed by atoms with van der Waals surface area (Å²) >= 11 is 0. The van der Waals surface area contributed by atoms with E-state index in [1.165, 1.54) is 5.56 Å². The first-order valence-corrected chi connectivity index (χ1v) is 7.70. The molecule has 0 aromatic heterocycles. The maximum atomic E-state index is 11.7. The minimum atomic E-state index is -0.408. The van der Waals surface area contributed by atoms with Crippen molar-refractivity contribution in [1.82, 2.24) is 5.32 Å². The molecule has 0 saturated heterocycles. The Balaban J connectivity index is 0.00000441. The fourth-order valence-corrected chi connectivity index (χ4v) is 2.11. The summed E-state index contributed by atoms with van der Waals surface area (Å²) in [4.78, 5) is 11.7. The number of rotatable bonds is 9. The lowest BCUT2D eigenvalue weighted by atomic mass is 10.0. The summed E-state index contributed by atoms with van der Waals surface area (Å²) in [6.07, 6.45) is 1.58. The third-order valence-corrected chi connectivity index (χ3v) is 3.32. The first-order chi connectivity index (χ1) is 10.0. The van der Waals surface area contributed by atoms with Gasteiger partial charge in [-0.15, -0.1) is 12.4 Å². The van der Waals surface area contributed by atoms with Gasteiger partial charge in [0.05, 0.1) is 12.1 Å². The molecule has 0 aliphatic rings.